The minimum Gasteiger partial charge on any atom is -0.481 e. The maximum Gasteiger partial charge on any atom is 0.307 e. The van der Waals surface area contributed by atoms with Crippen molar-refractivity contribution >= 4 is 12.3 Å². The van der Waals surface area contributed by atoms with Crippen LogP contribution in [0, 0.1) is 18.3 Å². The van der Waals surface area contributed by atoms with Crippen LogP contribution in [0.25, 0.3) is 0 Å². The molecule has 1 aromatic carbocycles. The second-order valence-electron chi connectivity index (χ2n) is 3.17. The molecule has 0 bridgehead atoms. The van der Waals surface area contributed by atoms with E-state index in [4.69, 9.17) is 10.4 Å². The van der Waals surface area contributed by atoms with Crippen molar-refractivity contribution in [1.29, 1.82) is 5.26 Å². The van der Waals surface area contributed by atoms with Crippen LogP contribution < -0.4 is 0 Å². The van der Waals surface area contributed by atoms with Crippen LogP contribution in [0.1, 0.15) is 27.0 Å². The Bertz CT molecular complexity index is 458. The first-order chi connectivity index (χ1) is 7.08. The minimum atomic E-state index is -1.02. The van der Waals surface area contributed by atoms with Crippen LogP contribution in [0.15, 0.2) is 12.1 Å². The number of aldehydes is 1. The van der Waals surface area contributed by atoms with Crippen molar-refractivity contribution < 1.29 is 14.7 Å². The van der Waals surface area contributed by atoms with E-state index in [1.165, 1.54) is 6.07 Å². The number of hydrogen-bond donors (Lipinski definition) is 1. The summed E-state index contributed by atoms with van der Waals surface area (Å²) in [4.78, 5) is 21.3. The average Bonchev–Trinajstić information content (AvgIpc) is 2.16. The zero-order valence-corrected chi connectivity index (χ0v) is 8.15. The van der Waals surface area contributed by atoms with Crippen molar-refractivity contribution in [2.24, 2.45) is 0 Å². The molecular weight excluding hydrogens is 194 g/mol. The number of aryl methyl sites for hydroxylation is 1. The fourth-order valence-corrected chi connectivity index (χ4v) is 1.41. The fourth-order valence-electron chi connectivity index (χ4n) is 1.41. The standard InChI is InChI=1S/C11H9NO3/c1-7-2-8(5-12)3-9(4-11(14)15)10(7)6-13/h2-3,6H,4H2,1H3,(H,14,15). The van der Waals surface area contributed by atoms with Crippen LogP contribution >= 0.6 is 0 Å². The van der Waals surface area contributed by atoms with E-state index in [1.54, 1.807) is 13.0 Å². The average molecular weight is 203 g/mol. The van der Waals surface area contributed by atoms with Crippen LogP contribution in [-0.4, -0.2) is 17.4 Å². The van der Waals surface area contributed by atoms with Gasteiger partial charge >= 0.3 is 5.97 Å². The first-order valence-corrected chi connectivity index (χ1v) is 4.29. The molecular formula is C11H9NO3. The van der Waals surface area contributed by atoms with Gasteiger partial charge in [0, 0.05) is 5.56 Å². The van der Waals surface area contributed by atoms with Gasteiger partial charge in [0.1, 0.15) is 0 Å². The molecule has 0 aromatic heterocycles. The highest BCUT2D eigenvalue weighted by atomic mass is 16.4. The molecule has 1 N–H and O–H groups in total. The number of rotatable bonds is 3. The van der Waals surface area contributed by atoms with E-state index in [0.717, 1.165) is 0 Å². The summed E-state index contributed by atoms with van der Waals surface area (Å²) in [5.41, 5.74) is 1.74. The number of hydrogen-bond acceptors (Lipinski definition) is 3. The van der Waals surface area contributed by atoms with Gasteiger partial charge in [-0.1, -0.05) is 0 Å². The fraction of sp³-hybridized carbons (Fsp3) is 0.182. The Balaban J connectivity index is 3.33. The summed E-state index contributed by atoms with van der Waals surface area (Å²) in [6.45, 7) is 1.68. The SMILES string of the molecule is Cc1cc(C#N)cc(CC(=O)O)c1C=O. The molecule has 0 aliphatic rings. The Hall–Kier alpha value is -2.15. The number of carboxylic acids is 1. The number of nitrogens with zero attached hydrogens (tertiary/aromatic N) is 1. The molecule has 0 aliphatic carbocycles. The van der Waals surface area contributed by atoms with Gasteiger partial charge in [-0.25, -0.2) is 0 Å². The summed E-state index contributed by atoms with van der Waals surface area (Å²) in [6, 6.07) is 4.92. The second kappa shape index (κ2) is 4.38. The molecule has 0 spiro atoms. The molecule has 0 saturated heterocycles. The summed E-state index contributed by atoms with van der Waals surface area (Å²) < 4.78 is 0. The molecule has 0 unspecified atom stereocenters. The molecule has 1 aromatic rings. The van der Waals surface area contributed by atoms with Gasteiger partial charge < -0.3 is 5.11 Å². The highest BCUT2D eigenvalue weighted by molar-refractivity contribution is 5.83. The van der Waals surface area contributed by atoms with Crippen molar-refractivity contribution in [2.45, 2.75) is 13.3 Å². The number of carbonyl (C=O) groups excluding carboxylic acids is 1. The molecule has 0 radical (unpaired) electrons. The van der Waals surface area contributed by atoms with E-state index in [1.807, 2.05) is 6.07 Å². The third kappa shape index (κ3) is 2.41. The zero-order chi connectivity index (χ0) is 11.4. The molecule has 0 aliphatic heterocycles. The monoisotopic (exact) mass is 203 g/mol. The van der Waals surface area contributed by atoms with Gasteiger partial charge in [-0.3, -0.25) is 9.59 Å². The van der Waals surface area contributed by atoms with Crippen LogP contribution in [0.4, 0.5) is 0 Å². The van der Waals surface area contributed by atoms with E-state index >= 15 is 0 Å². The summed E-state index contributed by atoms with van der Waals surface area (Å²) in [6.07, 6.45) is 0.374. The summed E-state index contributed by atoms with van der Waals surface area (Å²) >= 11 is 0. The van der Waals surface area contributed by atoms with E-state index in [0.29, 0.717) is 28.5 Å². The van der Waals surface area contributed by atoms with Crippen LogP contribution in [0.2, 0.25) is 0 Å². The number of aliphatic carboxylic acids is 1. The van der Waals surface area contributed by atoms with E-state index in [9.17, 15) is 9.59 Å². The smallest absolute Gasteiger partial charge is 0.307 e. The normalized spacial score (nSPS) is 9.33. The lowest BCUT2D eigenvalue weighted by molar-refractivity contribution is -0.136. The topological polar surface area (TPSA) is 78.2 Å². The van der Waals surface area contributed by atoms with Crippen molar-refractivity contribution in [3.63, 3.8) is 0 Å². The number of carboxylic acid groups (broad SMARTS) is 1. The lowest BCUT2D eigenvalue weighted by Crippen LogP contribution is -2.05. The Morgan fingerprint density at radius 2 is 2.27 bits per heavy atom. The van der Waals surface area contributed by atoms with Gasteiger partial charge in [0.2, 0.25) is 0 Å². The first-order valence-electron chi connectivity index (χ1n) is 4.29. The third-order valence-corrected chi connectivity index (χ3v) is 2.06. The van der Waals surface area contributed by atoms with Crippen LogP contribution in [0.5, 0.6) is 0 Å². The number of nitriles is 1. The van der Waals surface area contributed by atoms with Gasteiger partial charge in [0.05, 0.1) is 18.1 Å². The largest absolute Gasteiger partial charge is 0.481 e. The molecule has 4 nitrogen and oxygen atoms in total. The molecule has 1 rings (SSSR count). The summed E-state index contributed by atoms with van der Waals surface area (Å²) in [5.74, 6) is -1.02. The number of carbonyl (C=O) groups is 2. The van der Waals surface area contributed by atoms with Crippen molar-refractivity contribution in [1.82, 2.24) is 0 Å². The highest BCUT2D eigenvalue weighted by Gasteiger charge is 2.10. The molecule has 0 amide bonds. The Kier molecular flexibility index (Phi) is 3.19. The van der Waals surface area contributed by atoms with Crippen LogP contribution in [0.3, 0.4) is 0 Å². The van der Waals surface area contributed by atoms with Gasteiger partial charge in [0.15, 0.2) is 6.29 Å². The Labute approximate surface area is 86.8 Å². The van der Waals surface area contributed by atoms with Crippen LogP contribution in [-0.2, 0) is 11.2 Å². The van der Waals surface area contributed by atoms with Crippen molar-refractivity contribution in [2.75, 3.05) is 0 Å². The predicted octanol–water partition coefficient (Wildman–Crippen LogP) is 1.31. The lowest BCUT2D eigenvalue weighted by atomic mass is 9.97. The van der Waals surface area contributed by atoms with Crippen molar-refractivity contribution in [3.05, 3.63) is 34.4 Å². The maximum atomic E-state index is 10.8. The van der Waals surface area contributed by atoms with E-state index in [2.05, 4.69) is 0 Å². The lowest BCUT2D eigenvalue weighted by Gasteiger charge is -2.05. The Morgan fingerprint density at radius 3 is 2.73 bits per heavy atom. The van der Waals surface area contributed by atoms with E-state index in [-0.39, 0.29) is 6.42 Å². The van der Waals surface area contributed by atoms with Gasteiger partial charge in [-0.15, -0.1) is 0 Å². The van der Waals surface area contributed by atoms with E-state index < -0.39 is 5.97 Å². The van der Waals surface area contributed by atoms with Gasteiger partial charge in [-0.2, -0.15) is 5.26 Å². The molecule has 0 heterocycles. The second-order valence-corrected chi connectivity index (χ2v) is 3.17. The first kappa shape index (κ1) is 10.9. The highest BCUT2D eigenvalue weighted by Crippen LogP contribution is 2.16. The maximum absolute atomic E-state index is 10.8. The number of benzene rings is 1. The molecule has 0 fully saturated rings. The summed E-state index contributed by atoms with van der Waals surface area (Å²) in [5, 5.41) is 17.3. The van der Waals surface area contributed by atoms with Gasteiger partial charge in [-0.05, 0) is 30.2 Å². The molecule has 0 atom stereocenters. The summed E-state index contributed by atoms with van der Waals surface area (Å²) in [7, 11) is 0. The molecule has 0 saturated carbocycles. The quantitative estimate of drug-likeness (QED) is 0.751. The van der Waals surface area contributed by atoms with Crippen molar-refractivity contribution in [3.8, 4) is 6.07 Å². The molecule has 4 heteroatoms. The Morgan fingerprint density at radius 1 is 1.60 bits per heavy atom. The third-order valence-electron chi connectivity index (χ3n) is 2.06. The van der Waals surface area contributed by atoms with Gasteiger partial charge in [0.25, 0.3) is 0 Å². The predicted molar refractivity (Wildman–Crippen MR) is 52.6 cm³/mol. The zero-order valence-electron chi connectivity index (χ0n) is 8.15. The minimum absolute atomic E-state index is 0.246. The molecule has 76 valence electrons. The molecule has 15 heavy (non-hydrogen) atoms.